The van der Waals surface area contributed by atoms with Crippen LogP contribution < -0.4 is 5.73 Å². The summed E-state index contributed by atoms with van der Waals surface area (Å²) in [7, 11) is 3.86. The molecule has 4 heteroatoms. The molecule has 0 aliphatic rings. The van der Waals surface area contributed by atoms with Crippen molar-refractivity contribution in [3.63, 3.8) is 0 Å². The third kappa shape index (κ3) is 10.5. The van der Waals surface area contributed by atoms with Crippen molar-refractivity contribution in [2.75, 3.05) is 33.9 Å². The predicted octanol–water partition coefficient (Wildman–Crippen LogP) is 1.75. The summed E-state index contributed by atoms with van der Waals surface area (Å²) in [6.07, 6.45) is 2.30. The summed E-state index contributed by atoms with van der Waals surface area (Å²) in [6.45, 7) is 7.29. The number of halogens is 1. The number of methoxy groups -OCH3 is 1. The van der Waals surface area contributed by atoms with Crippen molar-refractivity contribution < 1.29 is 4.74 Å². The van der Waals surface area contributed by atoms with Gasteiger partial charge >= 0.3 is 0 Å². The lowest BCUT2D eigenvalue weighted by Crippen LogP contribution is -2.29. The molecule has 0 aromatic carbocycles. The van der Waals surface area contributed by atoms with Gasteiger partial charge in [0.25, 0.3) is 0 Å². The first kappa shape index (κ1) is 17.6. The van der Waals surface area contributed by atoms with Crippen molar-refractivity contribution in [2.24, 2.45) is 11.7 Å². The lowest BCUT2D eigenvalue weighted by Gasteiger charge is -2.19. The predicted molar refractivity (Wildman–Crippen MR) is 68.7 cm³/mol. The van der Waals surface area contributed by atoms with Crippen molar-refractivity contribution in [3.05, 3.63) is 0 Å². The van der Waals surface area contributed by atoms with Crippen LogP contribution in [-0.4, -0.2) is 44.8 Å². The van der Waals surface area contributed by atoms with Gasteiger partial charge in [0.1, 0.15) is 0 Å². The molecule has 2 N–H and O–H groups in total. The molecule has 0 aromatic heterocycles. The zero-order valence-electron chi connectivity index (χ0n) is 10.5. The lowest BCUT2D eigenvalue weighted by atomic mass is 10.0. The van der Waals surface area contributed by atoms with E-state index >= 15 is 0 Å². The molecule has 0 aliphatic heterocycles. The highest BCUT2D eigenvalue weighted by atomic mass is 35.5. The average Bonchev–Trinajstić information content (AvgIpc) is 2.14. The van der Waals surface area contributed by atoms with E-state index < -0.39 is 0 Å². The van der Waals surface area contributed by atoms with Crippen molar-refractivity contribution in [3.8, 4) is 0 Å². The Labute approximate surface area is 101 Å². The molecule has 0 bridgehead atoms. The van der Waals surface area contributed by atoms with Gasteiger partial charge in [-0.25, -0.2) is 0 Å². The minimum Gasteiger partial charge on any atom is -0.383 e. The Morgan fingerprint density at radius 3 is 2.33 bits per heavy atom. The van der Waals surface area contributed by atoms with Crippen LogP contribution in [-0.2, 0) is 4.74 Å². The van der Waals surface area contributed by atoms with Gasteiger partial charge in [-0.2, -0.15) is 0 Å². The van der Waals surface area contributed by atoms with E-state index in [1.54, 1.807) is 7.11 Å². The Hall–Kier alpha value is 0.170. The SMILES string of the molecule is COCCN(C)CCC[C@@H](N)C(C)C.Cl. The standard InChI is InChI=1S/C11H26N2O.ClH/c1-10(2)11(12)6-5-7-13(3)8-9-14-4;/h10-11H,5-9,12H2,1-4H3;1H/t11-;/m1./s1. The number of rotatable bonds is 8. The van der Waals surface area contributed by atoms with Gasteiger partial charge in [-0.1, -0.05) is 13.8 Å². The van der Waals surface area contributed by atoms with Crippen LogP contribution in [0.4, 0.5) is 0 Å². The maximum atomic E-state index is 5.96. The molecule has 0 rings (SSSR count). The van der Waals surface area contributed by atoms with Crippen LogP contribution in [0.1, 0.15) is 26.7 Å². The van der Waals surface area contributed by atoms with Crippen LogP contribution in [0, 0.1) is 5.92 Å². The van der Waals surface area contributed by atoms with E-state index in [1.807, 2.05) is 0 Å². The van der Waals surface area contributed by atoms with E-state index in [2.05, 4.69) is 25.8 Å². The van der Waals surface area contributed by atoms with Crippen LogP contribution in [0.2, 0.25) is 0 Å². The largest absolute Gasteiger partial charge is 0.383 e. The molecular weight excluding hydrogens is 212 g/mol. The molecule has 15 heavy (non-hydrogen) atoms. The molecule has 0 amide bonds. The van der Waals surface area contributed by atoms with E-state index in [4.69, 9.17) is 10.5 Å². The van der Waals surface area contributed by atoms with Gasteiger partial charge in [-0.05, 0) is 32.4 Å². The number of nitrogens with zero attached hydrogens (tertiary/aromatic N) is 1. The summed E-state index contributed by atoms with van der Waals surface area (Å²) in [5.74, 6) is 0.597. The molecule has 0 saturated heterocycles. The maximum Gasteiger partial charge on any atom is 0.0589 e. The summed E-state index contributed by atoms with van der Waals surface area (Å²) in [6, 6.07) is 0.353. The maximum absolute atomic E-state index is 5.96. The van der Waals surface area contributed by atoms with Gasteiger partial charge in [0.05, 0.1) is 6.61 Å². The van der Waals surface area contributed by atoms with Gasteiger partial charge in [0.2, 0.25) is 0 Å². The zero-order chi connectivity index (χ0) is 11.0. The smallest absolute Gasteiger partial charge is 0.0589 e. The number of hydrogen-bond acceptors (Lipinski definition) is 3. The fourth-order valence-electron chi connectivity index (χ4n) is 1.29. The van der Waals surface area contributed by atoms with Crippen molar-refractivity contribution in [1.29, 1.82) is 0 Å². The monoisotopic (exact) mass is 238 g/mol. The molecule has 1 atom stereocenters. The van der Waals surface area contributed by atoms with E-state index in [-0.39, 0.29) is 12.4 Å². The van der Waals surface area contributed by atoms with Crippen molar-refractivity contribution in [1.82, 2.24) is 4.90 Å². The van der Waals surface area contributed by atoms with Crippen molar-refractivity contribution >= 4 is 12.4 Å². The van der Waals surface area contributed by atoms with Gasteiger partial charge < -0.3 is 15.4 Å². The Morgan fingerprint density at radius 2 is 1.87 bits per heavy atom. The van der Waals surface area contributed by atoms with Crippen LogP contribution >= 0.6 is 12.4 Å². The number of hydrogen-bond donors (Lipinski definition) is 1. The first-order valence-electron chi connectivity index (χ1n) is 5.51. The first-order chi connectivity index (χ1) is 6.57. The van der Waals surface area contributed by atoms with Gasteiger partial charge in [-0.3, -0.25) is 0 Å². The zero-order valence-corrected chi connectivity index (χ0v) is 11.3. The molecule has 3 nitrogen and oxygen atoms in total. The first-order valence-corrected chi connectivity index (χ1v) is 5.51. The highest BCUT2D eigenvalue weighted by molar-refractivity contribution is 5.85. The fourth-order valence-corrected chi connectivity index (χ4v) is 1.29. The minimum atomic E-state index is 0. The molecule has 0 unspecified atom stereocenters. The second-order valence-corrected chi connectivity index (χ2v) is 4.35. The second kappa shape index (κ2) is 10.7. The molecule has 0 spiro atoms. The Kier molecular flexibility index (Phi) is 12.5. The highest BCUT2D eigenvalue weighted by Gasteiger charge is 2.07. The van der Waals surface area contributed by atoms with E-state index in [0.29, 0.717) is 12.0 Å². The van der Waals surface area contributed by atoms with Gasteiger partial charge in [0.15, 0.2) is 0 Å². The molecule has 0 aliphatic carbocycles. The van der Waals surface area contributed by atoms with E-state index in [9.17, 15) is 0 Å². The molecule has 0 radical (unpaired) electrons. The second-order valence-electron chi connectivity index (χ2n) is 4.35. The molecule has 0 aromatic rings. The van der Waals surface area contributed by atoms with Crippen LogP contribution in [0.3, 0.4) is 0 Å². The summed E-state index contributed by atoms with van der Waals surface area (Å²) < 4.78 is 5.01. The number of ether oxygens (including phenoxy) is 1. The summed E-state index contributed by atoms with van der Waals surface area (Å²) in [5.41, 5.74) is 5.96. The van der Waals surface area contributed by atoms with Gasteiger partial charge in [0, 0.05) is 19.7 Å². The fraction of sp³-hybridized carbons (Fsp3) is 1.00. The third-order valence-corrected chi connectivity index (χ3v) is 2.61. The van der Waals surface area contributed by atoms with Crippen LogP contribution in [0.15, 0.2) is 0 Å². The summed E-state index contributed by atoms with van der Waals surface area (Å²) >= 11 is 0. The van der Waals surface area contributed by atoms with E-state index in [0.717, 1.165) is 26.1 Å². The molecule has 0 fully saturated rings. The van der Waals surface area contributed by atoms with Crippen LogP contribution in [0.25, 0.3) is 0 Å². The Balaban J connectivity index is 0. The molecule has 94 valence electrons. The summed E-state index contributed by atoms with van der Waals surface area (Å²) in [5, 5.41) is 0. The van der Waals surface area contributed by atoms with E-state index in [1.165, 1.54) is 6.42 Å². The lowest BCUT2D eigenvalue weighted by molar-refractivity contribution is 0.159. The topological polar surface area (TPSA) is 38.5 Å². The molecular formula is C11H27ClN2O. The third-order valence-electron chi connectivity index (χ3n) is 2.61. The normalized spacial score (nSPS) is 13.0. The van der Waals surface area contributed by atoms with Gasteiger partial charge in [-0.15, -0.1) is 12.4 Å². The van der Waals surface area contributed by atoms with Crippen molar-refractivity contribution in [2.45, 2.75) is 32.7 Å². The molecule has 0 saturated carbocycles. The number of nitrogens with two attached hydrogens (primary N) is 1. The average molecular weight is 239 g/mol. The number of likely N-dealkylation sites (N-methyl/N-ethyl adjacent to an activating group) is 1. The Morgan fingerprint density at radius 1 is 1.27 bits per heavy atom. The molecule has 0 heterocycles. The summed E-state index contributed by atoms with van der Waals surface area (Å²) in [4.78, 5) is 2.29. The highest BCUT2D eigenvalue weighted by Crippen LogP contribution is 2.05. The quantitative estimate of drug-likeness (QED) is 0.700. The minimum absolute atomic E-state index is 0. The van der Waals surface area contributed by atoms with Crippen LogP contribution in [0.5, 0.6) is 0 Å². The Bertz CT molecular complexity index is 134.